The van der Waals surface area contributed by atoms with E-state index < -0.39 is 10.0 Å². The van der Waals surface area contributed by atoms with E-state index in [1.54, 1.807) is 18.2 Å². The van der Waals surface area contributed by atoms with Crippen LogP contribution in [-0.4, -0.2) is 13.4 Å². The third-order valence-electron chi connectivity index (χ3n) is 2.99. The first-order valence-electron chi connectivity index (χ1n) is 6.17. The van der Waals surface area contributed by atoms with E-state index >= 15 is 0 Å². The van der Waals surface area contributed by atoms with Crippen LogP contribution >= 0.6 is 11.6 Å². The molecule has 21 heavy (non-hydrogen) atoms. The summed E-state index contributed by atoms with van der Waals surface area (Å²) in [6.45, 7) is 0. The molecule has 1 heterocycles. The lowest BCUT2D eigenvalue weighted by atomic mass is 10.1. The molecular formula is C15H11ClN2O2S. The van der Waals surface area contributed by atoms with Crippen LogP contribution < -0.4 is 4.72 Å². The topological polar surface area (TPSA) is 59.1 Å². The largest absolute Gasteiger partial charge is 0.278 e. The van der Waals surface area contributed by atoms with Crippen LogP contribution in [0.4, 0.5) is 5.69 Å². The van der Waals surface area contributed by atoms with Crippen molar-refractivity contribution in [1.82, 2.24) is 4.98 Å². The zero-order chi connectivity index (χ0) is 14.9. The van der Waals surface area contributed by atoms with Gasteiger partial charge in [0.05, 0.1) is 21.8 Å². The van der Waals surface area contributed by atoms with E-state index in [2.05, 4.69) is 9.71 Å². The minimum absolute atomic E-state index is 0.196. The highest BCUT2D eigenvalue weighted by Crippen LogP contribution is 2.22. The van der Waals surface area contributed by atoms with Gasteiger partial charge >= 0.3 is 0 Å². The Balaban J connectivity index is 2.00. The maximum atomic E-state index is 12.4. The van der Waals surface area contributed by atoms with Gasteiger partial charge in [-0.25, -0.2) is 8.42 Å². The average Bonchev–Trinajstić information content (AvgIpc) is 2.46. The number of nitrogens with zero attached hydrogens (tertiary/aromatic N) is 1. The van der Waals surface area contributed by atoms with E-state index in [4.69, 9.17) is 11.6 Å². The van der Waals surface area contributed by atoms with Gasteiger partial charge in [-0.05, 0) is 29.0 Å². The zero-order valence-electron chi connectivity index (χ0n) is 10.8. The fourth-order valence-electron chi connectivity index (χ4n) is 2.02. The predicted molar refractivity (Wildman–Crippen MR) is 84.0 cm³/mol. The number of benzene rings is 2. The van der Waals surface area contributed by atoms with Crippen LogP contribution in [0, 0.1) is 0 Å². The molecule has 2 aromatic carbocycles. The highest BCUT2D eigenvalue weighted by molar-refractivity contribution is 7.92. The van der Waals surface area contributed by atoms with Gasteiger partial charge in [-0.15, -0.1) is 0 Å². The van der Waals surface area contributed by atoms with Crippen molar-refractivity contribution in [1.29, 1.82) is 0 Å². The minimum atomic E-state index is -3.67. The lowest BCUT2D eigenvalue weighted by Gasteiger charge is -2.08. The molecule has 1 aromatic heterocycles. The molecule has 0 amide bonds. The number of hydrogen-bond acceptors (Lipinski definition) is 3. The minimum Gasteiger partial charge on any atom is -0.278 e. The Hall–Kier alpha value is -2.11. The number of rotatable bonds is 3. The fraction of sp³-hybridized carbons (Fsp3) is 0. The summed E-state index contributed by atoms with van der Waals surface area (Å²) in [7, 11) is -3.67. The summed E-state index contributed by atoms with van der Waals surface area (Å²) in [5, 5.41) is 2.22. The van der Waals surface area contributed by atoms with E-state index in [0.717, 1.165) is 10.8 Å². The van der Waals surface area contributed by atoms with Crippen molar-refractivity contribution in [3.05, 3.63) is 65.9 Å². The molecular weight excluding hydrogens is 308 g/mol. The van der Waals surface area contributed by atoms with Crippen molar-refractivity contribution in [2.24, 2.45) is 0 Å². The van der Waals surface area contributed by atoms with Crippen LogP contribution in [0.2, 0.25) is 5.02 Å². The number of fused-ring (bicyclic) bond motifs is 1. The highest BCUT2D eigenvalue weighted by Gasteiger charge is 2.14. The van der Waals surface area contributed by atoms with Crippen molar-refractivity contribution >= 4 is 38.1 Å². The third-order valence-corrected chi connectivity index (χ3v) is 4.57. The van der Waals surface area contributed by atoms with Crippen molar-refractivity contribution in [3.63, 3.8) is 0 Å². The lowest BCUT2D eigenvalue weighted by Crippen LogP contribution is -2.13. The molecule has 4 nitrogen and oxygen atoms in total. The third kappa shape index (κ3) is 2.99. The SMILES string of the molecule is O=S(=O)(Nc1cncc(Cl)c1)c1ccc2ccccc2c1. The standard InChI is InChI=1S/C15H11ClN2O2S/c16-13-8-14(10-17-9-13)18-21(19,20)15-6-5-11-3-1-2-4-12(11)7-15/h1-10,18H. The van der Waals surface area contributed by atoms with Crippen molar-refractivity contribution in [2.75, 3.05) is 4.72 Å². The van der Waals surface area contributed by atoms with Gasteiger partial charge in [-0.2, -0.15) is 0 Å². The normalized spacial score (nSPS) is 11.5. The maximum absolute atomic E-state index is 12.4. The van der Waals surface area contributed by atoms with Gasteiger partial charge in [0.2, 0.25) is 0 Å². The first-order valence-corrected chi connectivity index (χ1v) is 8.03. The van der Waals surface area contributed by atoms with Crippen LogP contribution in [0.3, 0.4) is 0 Å². The summed E-state index contributed by atoms with van der Waals surface area (Å²) in [4.78, 5) is 4.05. The van der Waals surface area contributed by atoms with E-state index in [1.165, 1.54) is 18.5 Å². The van der Waals surface area contributed by atoms with Crippen LogP contribution in [-0.2, 0) is 10.0 Å². The maximum Gasteiger partial charge on any atom is 0.261 e. The summed E-state index contributed by atoms with van der Waals surface area (Å²) < 4.78 is 27.2. The molecule has 0 aliphatic rings. The van der Waals surface area contributed by atoms with Crippen LogP contribution in [0.1, 0.15) is 0 Å². The summed E-state index contributed by atoms with van der Waals surface area (Å²) in [6, 6.07) is 14.1. The van der Waals surface area contributed by atoms with E-state index in [-0.39, 0.29) is 4.90 Å². The Kier molecular flexibility index (Phi) is 3.53. The molecule has 0 atom stereocenters. The number of nitrogens with one attached hydrogen (secondary N) is 1. The molecule has 0 spiro atoms. The summed E-state index contributed by atoms with van der Waals surface area (Å²) >= 11 is 5.80. The van der Waals surface area contributed by atoms with Gasteiger partial charge in [0.25, 0.3) is 10.0 Å². The van der Waals surface area contributed by atoms with Gasteiger partial charge in [0.1, 0.15) is 0 Å². The quantitative estimate of drug-likeness (QED) is 0.801. The van der Waals surface area contributed by atoms with Gasteiger partial charge < -0.3 is 0 Å². The van der Waals surface area contributed by atoms with Crippen molar-refractivity contribution < 1.29 is 8.42 Å². The number of aromatic nitrogens is 1. The van der Waals surface area contributed by atoms with E-state index in [9.17, 15) is 8.42 Å². The van der Waals surface area contributed by atoms with Gasteiger partial charge in [0, 0.05) is 6.20 Å². The van der Waals surface area contributed by atoms with Crippen molar-refractivity contribution in [3.8, 4) is 0 Å². The molecule has 0 saturated heterocycles. The second-order valence-corrected chi connectivity index (χ2v) is 6.63. The van der Waals surface area contributed by atoms with Gasteiger partial charge in [-0.1, -0.05) is 41.9 Å². The molecule has 0 aliphatic heterocycles. The molecule has 0 saturated carbocycles. The zero-order valence-corrected chi connectivity index (χ0v) is 12.4. The molecule has 0 unspecified atom stereocenters. The Labute approximate surface area is 127 Å². The molecule has 0 aliphatic carbocycles. The molecule has 1 N–H and O–H groups in total. The molecule has 0 fully saturated rings. The molecule has 0 bridgehead atoms. The number of halogens is 1. The van der Waals surface area contributed by atoms with Gasteiger partial charge in [0.15, 0.2) is 0 Å². The highest BCUT2D eigenvalue weighted by atomic mass is 35.5. The van der Waals surface area contributed by atoms with Gasteiger partial charge in [-0.3, -0.25) is 9.71 Å². The second kappa shape index (κ2) is 5.35. The Bertz CT molecular complexity index is 910. The van der Waals surface area contributed by atoms with Crippen molar-refractivity contribution in [2.45, 2.75) is 4.90 Å². The molecule has 6 heteroatoms. The Morgan fingerprint density at radius 3 is 2.48 bits per heavy atom. The Morgan fingerprint density at radius 2 is 1.71 bits per heavy atom. The second-order valence-electron chi connectivity index (χ2n) is 4.51. The molecule has 3 aromatic rings. The monoisotopic (exact) mass is 318 g/mol. The average molecular weight is 319 g/mol. The number of hydrogen-bond donors (Lipinski definition) is 1. The number of anilines is 1. The van der Waals surface area contributed by atoms with Crippen LogP contribution in [0.25, 0.3) is 10.8 Å². The number of pyridine rings is 1. The van der Waals surface area contributed by atoms with E-state index in [0.29, 0.717) is 10.7 Å². The summed E-state index contributed by atoms with van der Waals surface area (Å²) in [6.07, 6.45) is 2.85. The summed E-state index contributed by atoms with van der Waals surface area (Å²) in [5.74, 6) is 0. The number of sulfonamides is 1. The molecule has 3 rings (SSSR count). The Morgan fingerprint density at radius 1 is 0.952 bits per heavy atom. The van der Waals surface area contributed by atoms with Crippen LogP contribution in [0.15, 0.2) is 65.8 Å². The van der Waals surface area contributed by atoms with Crippen LogP contribution in [0.5, 0.6) is 0 Å². The molecule has 0 radical (unpaired) electrons. The predicted octanol–water partition coefficient (Wildman–Crippen LogP) is 3.69. The first-order chi connectivity index (χ1) is 10.0. The summed E-state index contributed by atoms with van der Waals surface area (Å²) in [5.41, 5.74) is 0.329. The van der Waals surface area contributed by atoms with E-state index in [1.807, 2.05) is 24.3 Å². The fourth-order valence-corrected chi connectivity index (χ4v) is 3.26. The first kappa shape index (κ1) is 13.9. The lowest BCUT2D eigenvalue weighted by molar-refractivity contribution is 0.601. The smallest absolute Gasteiger partial charge is 0.261 e. The molecule has 106 valence electrons.